The van der Waals surface area contributed by atoms with Crippen LogP contribution in [-0.2, 0) is 28.8 Å². The van der Waals surface area contributed by atoms with Crippen LogP contribution in [0.25, 0.3) is 0 Å². The molecule has 0 saturated carbocycles. The van der Waals surface area contributed by atoms with Crippen molar-refractivity contribution in [2.24, 2.45) is 17.4 Å². The second-order valence-corrected chi connectivity index (χ2v) is 7.59. The molecule has 0 saturated heterocycles. The fraction of sp³-hybridized carbons (Fsp3) is 0.667. The van der Waals surface area contributed by atoms with Gasteiger partial charge in [0, 0.05) is 12.2 Å². The number of carboxylic acids is 2. The summed E-state index contributed by atoms with van der Waals surface area (Å²) in [6, 6.07) is -5.36. The molecule has 0 aliphatic carbocycles. The molecule has 4 amide bonds. The summed E-state index contributed by atoms with van der Waals surface area (Å²) >= 11 is 3.85. The van der Waals surface area contributed by atoms with Crippen LogP contribution in [0.5, 0.6) is 0 Å². The number of thiol groups is 1. The first-order chi connectivity index (χ1) is 14.8. The highest BCUT2D eigenvalue weighted by atomic mass is 32.1. The maximum Gasteiger partial charge on any atom is 0.326 e. The van der Waals surface area contributed by atoms with Crippen LogP contribution in [0, 0.1) is 5.92 Å². The molecule has 13 nitrogen and oxygen atoms in total. The van der Waals surface area contributed by atoms with Gasteiger partial charge in [0.1, 0.15) is 18.1 Å². The molecular weight excluding hydrogens is 446 g/mol. The molecular formula is C18H31N5O8S. The van der Waals surface area contributed by atoms with Crippen molar-refractivity contribution in [3.63, 3.8) is 0 Å². The molecule has 0 aliphatic rings. The standard InChI is InChI=1S/C18H31N5O8S/c1-3-8(2)14(18(30)31)23-16(28)10(4-5-12(20)24)21-17(29)11(6-13(25)26)22-15(27)9(19)7-32/h8-11,14,32H,3-7,19H2,1-2H3,(H2,20,24)(H,21,29)(H,22,27)(H,23,28)(H,25,26)(H,30,31). The molecule has 9 N–H and O–H groups in total. The molecule has 0 spiro atoms. The zero-order valence-electron chi connectivity index (χ0n) is 17.9. The summed E-state index contributed by atoms with van der Waals surface area (Å²) in [7, 11) is 0. The molecule has 0 bridgehead atoms. The number of hydrogen-bond acceptors (Lipinski definition) is 8. The third-order valence-corrected chi connectivity index (χ3v) is 5.03. The highest BCUT2D eigenvalue weighted by Gasteiger charge is 2.32. The van der Waals surface area contributed by atoms with Gasteiger partial charge in [-0.2, -0.15) is 12.6 Å². The summed E-state index contributed by atoms with van der Waals surface area (Å²) < 4.78 is 0. The van der Waals surface area contributed by atoms with Gasteiger partial charge in [0.05, 0.1) is 12.5 Å². The molecule has 32 heavy (non-hydrogen) atoms. The van der Waals surface area contributed by atoms with E-state index in [1.54, 1.807) is 13.8 Å². The maximum absolute atomic E-state index is 12.7. The Labute approximate surface area is 190 Å². The average molecular weight is 478 g/mol. The van der Waals surface area contributed by atoms with Crippen LogP contribution < -0.4 is 27.4 Å². The molecule has 14 heteroatoms. The average Bonchev–Trinajstić information content (AvgIpc) is 2.71. The minimum Gasteiger partial charge on any atom is -0.481 e. The first kappa shape index (κ1) is 29.1. The molecule has 5 unspecified atom stereocenters. The van der Waals surface area contributed by atoms with Crippen molar-refractivity contribution < 1.29 is 39.0 Å². The monoisotopic (exact) mass is 477 g/mol. The van der Waals surface area contributed by atoms with Crippen LogP contribution in [0.2, 0.25) is 0 Å². The smallest absolute Gasteiger partial charge is 0.326 e. The number of primary amides is 1. The number of nitrogens with two attached hydrogens (primary N) is 2. The fourth-order valence-electron chi connectivity index (χ4n) is 2.51. The van der Waals surface area contributed by atoms with Crippen LogP contribution in [0.4, 0.5) is 0 Å². The number of rotatable bonds is 15. The van der Waals surface area contributed by atoms with Gasteiger partial charge in [-0.3, -0.25) is 24.0 Å². The SMILES string of the molecule is CCC(C)C(NC(=O)C(CCC(N)=O)NC(=O)C(CC(=O)O)NC(=O)C(N)CS)C(=O)O. The van der Waals surface area contributed by atoms with Crippen LogP contribution in [0.1, 0.15) is 39.5 Å². The summed E-state index contributed by atoms with van der Waals surface area (Å²) in [5.41, 5.74) is 10.6. The molecule has 0 aliphatic heterocycles. The number of carbonyl (C=O) groups is 6. The Kier molecular flexibility index (Phi) is 13.0. The second kappa shape index (κ2) is 14.2. The van der Waals surface area contributed by atoms with Gasteiger partial charge >= 0.3 is 11.9 Å². The molecule has 0 rings (SSSR count). The van der Waals surface area contributed by atoms with Crippen molar-refractivity contribution in [1.29, 1.82) is 0 Å². The molecule has 0 aromatic rings. The summed E-state index contributed by atoms with van der Waals surface area (Å²) in [5.74, 6) is -6.75. The molecule has 0 radical (unpaired) electrons. The Morgan fingerprint density at radius 2 is 1.47 bits per heavy atom. The summed E-state index contributed by atoms with van der Waals surface area (Å²) in [5, 5.41) is 25.1. The van der Waals surface area contributed by atoms with Crippen molar-refractivity contribution in [2.45, 2.75) is 63.7 Å². The van der Waals surface area contributed by atoms with E-state index < -0.39 is 72.1 Å². The molecule has 0 aromatic carbocycles. The van der Waals surface area contributed by atoms with Crippen molar-refractivity contribution in [3.8, 4) is 0 Å². The van der Waals surface area contributed by atoms with Gasteiger partial charge in [0.2, 0.25) is 23.6 Å². The third-order valence-electron chi connectivity index (χ3n) is 4.63. The topological polar surface area (TPSA) is 231 Å². The number of carbonyl (C=O) groups excluding carboxylic acids is 4. The van der Waals surface area contributed by atoms with E-state index in [4.69, 9.17) is 16.6 Å². The predicted octanol–water partition coefficient (Wildman–Crippen LogP) is -2.43. The number of aliphatic carboxylic acids is 2. The lowest BCUT2D eigenvalue weighted by molar-refractivity contribution is -0.144. The molecule has 0 aromatic heterocycles. The largest absolute Gasteiger partial charge is 0.481 e. The number of nitrogens with one attached hydrogen (secondary N) is 3. The van der Waals surface area contributed by atoms with E-state index in [0.717, 1.165) is 0 Å². The summed E-state index contributed by atoms with van der Waals surface area (Å²) in [6.45, 7) is 3.34. The van der Waals surface area contributed by atoms with Crippen molar-refractivity contribution in [2.75, 3.05) is 5.75 Å². The Balaban J connectivity index is 5.60. The van der Waals surface area contributed by atoms with Crippen molar-refractivity contribution in [3.05, 3.63) is 0 Å². The van der Waals surface area contributed by atoms with Crippen molar-refractivity contribution in [1.82, 2.24) is 16.0 Å². The van der Waals surface area contributed by atoms with Gasteiger partial charge in [0.25, 0.3) is 0 Å². The Morgan fingerprint density at radius 3 is 1.91 bits per heavy atom. The highest BCUT2D eigenvalue weighted by Crippen LogP contribution is 2.09. The first-order valence-electron chi connectivity index (χ1n) is 9.84. The highest BCUT2D eigenvalue weighted by molar-refractivity contribution is 7.80. The van der Waals surface area contributed by atoms with Gasteiger partial charge < -0.3 is 37.6 Å². The number of amides is 4. The molecule has 5 atom stereocenters. The minimum absolute atomic E-state index is 0.0664. The van der Waals surface area contributed by atoms with Crippen LogP contribution >= 0.6 is 12.6 Å². The lowest BCUT2D eigenvalue weighted by atomic mass is 9.98. The van der Waals surface area contributed by atoms with E-state index in [2.05, 4.69) is 28.6 Å². The van der Waals surface area contributed by atoms with Crippen LogP contribution in [0.3, 0.4) is 0 Å². The zero-order valence-corrected chi connectivity index (χ0v) is 18.8. The quantitative estimate of drug-likeness (QED) is 0.117. The number of carboxylic acid groups (broad SMARTS) is 2. The van der Waals surface area contributed by atoms with Gasteiger partial charge in [-0.1, -0.05) is 20.3 Å². The fourth-order valence-corrected chi connectivity index (χ4v) is 2.68. The maximum atomic E-state index is 12.7. The van der Waals surface area contributed by atoms with Gasteiger partial charge in [-0.15, -0.1) is 0 Å². The van der Waals surface area contributed by atoms with Crippen LogP contribution in [0.15, 0.2) is 0 Å². The summed E-state index contributed by atoms with van der Waals surface area (Å²) in [6.07, 6.45) is -0.969. The van der Waals surface area contributed by atoms with E-state index in [-0.39, 0.29) is 18.6 Å². The van der Waals surface area contributed by atoms with E-state index in [1.165, 1.54) is 0 Å². The Hall–Kier alpha value is -2.87. The lowest BCUT2D eigenvalue weighted by Gasteiger charge is -2.26. The van der Waals surface area contributed by atoms with Gasteiger partial charge in [0.15, 0.2) is 0 Å². The molecule has 0 fully saturated rings. The van der Waals surface area contributed by atoms with Gasteiger partial charge in [-0.25, -0.2) is 4.79 Å². The van der Waals surface area contributed by atoms with E-state index >= 15 is 0 Å². The summed E-state index contributed by atoms with van der Waals surface area (Å²) in [4.78, 5) is 71.0. The minimum atomic E-state index is -1.58. The van der Waals surface area contributed by atoms with Crippen molar-refractivity contribution >= 4 is 48.2 Å². The van der Waals surface area contributed by atoms with E-state index in [0.29, 0.717) is 6.42 Å². The Morgan fingerprint density at radius 1 is 0.938 bits per heavy atom. The Bertz CT molecular complexity index is 719. The normalized spacial score (nSPS) is 15.4. The third kappa shape index (κ3) is 10.4. The second-order valence-electron chi connectivity index (χ2n) is 7.22. The lowest BCUT2D eigenvalue weighted by Crippen LogP contribution is -2.58. The zero-order chi connectivity index (χ0) is 25.0. The first-order valence-corrected chi connectivity index (χ1v) is 10.5. The van der Waals surface area contributed by atoms with E-state index in [1.807, 2.05) is 0 Å². The number of hydrogen-bond donors (Lipinski definition) is 8. The molecule has 182 valence electrons. The van der Waals surface area contributed by atoms with Gasteiger partial charge in [-0.05, 0) is 12.3 Å². The molecule has 0 heterocycles. The van der Waals surface area contributed by atoms with Crippen LogP contribution in [-0.4, -0.2) is 75.7 Å². The van der Waals surface area contributed by atoms with E-state index in [9.17, 15) is 33.9 Å². The predicted molar refractivity (Wildman–Crippen MR) is 115 cm³/mol.